The van der Waals surface area contributed by atoms with Crippen LogP contribution in [-0.2, 0) is 0 Å². The highest BCUT2D eigenvalue weighted by Crippen LogP contribution is 2.22. The van der Waals surface area contributed by atoms with Gasteiger partial charge in [-0.25, -0.2) is 9.97 Å². The topological polar surface area (TPSA) is 75.6 Å². The van der Waals surface area contributed by atoms with Crippen LogP contribution in [0.4, 0.5) is 5.82 Å². The largest absolute Gasteiger partial charge is 0.383 e. The van der Waals surface area contributed by atoms with Crippen molar-refractivity contribution in [1.29, 1.82) is 5.26 Å². The van der Waals surface area contributed by atoms with Gasteiger partial charge in [0.1, 0.15) is 11.9 Å². The Balaban J connectivity index is 2.16. The zero-order valence-electron chi connectivity index (χ0n) is 10.4. The fourth-order valence-corrected chi connectivity index (χ4v) is 2.51. The molecular weight excluding hydrogens is 268 g/mol. The van der Waals surface area contributed by atoms with Crippen molar-refractivity contribution in [2.75, 3.05) is 5.73 Å². The third kappa shape index (κ3) is 2.25. The minimum Gasteiger partial charge on any atom is -0.383 e. The molecule has 4 nitrogen and oxygen atoms in total. The zero-order valence-corrected chi connectivity index (χ0v) is 11.3. The minimum atomic E-state index is 0.356. The first-order valence-electron chi connectivity index (χ1n) is 5.94. The predicted molar refractivity (Wildman–Crippen MR) is 81.8 cm³/mol. The molecule has 0 saturated carbocycles. The monoisotopic (exact) mass is 278 g/mol. The standard InChI is InChI=1S/C15H10N4S/c16-8-11(7-10-5-6-20-9-10)15-18-13-4-2-1-3-12(13)14(17)19-15/h1-7,9H,(H2,17,18,19)/b11-7+. The smallest absolute Gasteiger partial charge is 0.172 e. The quantitative estimate of drug-likeness (QED) is 0.729. The van der Waals surface area contributed by atoms with E-state index < -0.39 is 0 Å². The number of benzene rings is 1. The van der Waals surface area contributed by atoms with Crippen LogP contribution in [0.3, 0.4) is 0 Å². The maximum Gasteiger partial charge on any atom is 0.172 e. The number of thiophene rings is 1. The Morgan fingerprint density at radius 3 is 2.85 bits per heavy atom. The second-order valence-corrected chi connectivity index (χ2v) is 4.96. The van der Waals surface area contributed by atoms with Gasteiger partial charge in [0.25, 0.3) is 0 Å². The molecule has 0 amide bonds. The molecule has 5 heteroatoms. The van der Waals surface area contributed by atoms with E-state index in [1.165, 1.54) is 0 Å². The normalized spacial score (nSPS) is 11.4. The maximum atomic E-state index is 9.31. The molecule has 0 atom stereocenters. The van der Waals surface area contributed by atoms with Crippen LogP contribution in [0.1, 0.15) is 11.4 Å². The van der Waals surface area contributed by atoms with Gasteiger partial charge < -0.3 is 5.73 Å². The van der Waals surface area contributed by atoms with Crippen LogP contribution in [0.2, 0.25) is 0 Å². The molecule has 0 saturated heterocycles. The van der Waals surface area contributed by atoms with Crippen LogP contribution < -0.4 is 5.73 Å². The number of fused-ring (bicyclic) bond motifs is 1. The number of hydrogen-bond donors (Lipinski definition) is 1. The average Bonchev–Trinajstić information content (AvgIpc) is 2.97. The number of rotatable bonds is 2. The van der Waals surface area contributed by atoms with E-state index in [0.29, 0.717) is 17.2 Å². The fraction of sp³-hybridized carbons (Fsp3) is 0. The first-order valence-corrected chi connectivity index (χ1v) is 6.89. The summed E-state index contributed by atoms with van der Waals surface area (Å²) >= 11 is 1.57. The summed E-state index contributed by atoms with van der Waals surface area (Å²) in [5, 5.41) is 14.0. The number of aromatic nitrogens is 2. The Morgan fingerprint density at radius 2 is 2.10 bits per heavy atom. The molecule has 2 aromatic heterocycles. The van der Waals surface area contributed by atoms with E-state index in [-0.39, 0.29) is 0 Å². The lowest BCUT2D eigenvalue weighted by Gasteiger charge is -2.04. The Kier molecular flexibility index (Phi) is 3.15. The van der Waals surface area contributed by atoms with E-state index in [4.69, 9.17) is 5.73 Å². The van der Waals surface area contributed by atoms with Crippen LogP contribution in [0, 0.1) is 11.3 Å². The van der Waals surface area contributed by atoms with Crippen LogP contribution in [0.5, 0.6) is 0 Å². The molecule has 2 heterocycles. The van der Waals surface area contributed by atoms with Crippen molar-refractivity contribution in [1.82, 2.24) is 9.97 Å². The minimum absolute atomic E-state index is 0.356. The molecule has 0 aliphatic carbocycles. The lowest BCUT2D eigenvalue weighted by molar-refractivity contribution is 1.18. The summed E-state index contributed by atoms with van der Waals surface area (Å²) in [6.45, 7) is 0. The average molecular weight is 278 g/mol. The Labute approximate surface area is 119 Å². The van der Waals surface area contributed by atoms with Crippen molar-refractivity contribution in [3.05, 3.63) is 52.5 Å². The molecular formula is C15H10N4S. The van der Waals surface area contributed by atoms with Gasteiger partial charge in [0.15, 0.2) is 5.82 Å². The summed E-state index contributed by atoms with van der Waals surface area (Å²) in [5.74, 6) is 0.743. The molecule has 96 valence electrons. The van der Waals surface area contributed by atoms with Gasteiger partial charge in [0.05, 0.1) is 11.1 Å². The molecule has 0 bridgehead atoms. The predicted octanol–water partition coefficient (Wildman–Crippen LogP) is 3.34. The Morgan fingerprint density at radius 1 is 1.25 bits per heavy atom. The van der Waals surface area contributed by atoms with Crippen molar-refractivity contribution >= 4 is 39.7 Å². The number of nitrogens with zero attached hydrogens (tertiary/aromatic N) is 3. The molecule has 0 aliphatic heterocycles. The SMILES string of the molecule is N#C/C(=C\c1ccsc1)c1nc(N)c2ccccc2n1. The summed E-state index contributed by atoms with van der Waals surface area (Å²) in [6.07, 6.45) is 1.76. The first-order chi connectivity index (χ1) is 9.78. The van der Waals surface area contributed by atoms with Gasteiger partial charge in [-0.2, -0.15) is 16.6 Å². The molecule has 0 unspecified atom stereocenters. The number of nitrogens with two attached hydrogens (primary N) is 1. The third-order valence-electron chi connectivity index (χ3n) is 2.85. The second kappa shape index (κ2) is 5.11. The van der Waals surface area contributed by atoms with Crippen molar-refractivity contribution in [3.63, 3.8) is 0 Å². The van der Waals surface area contributed by atoms with E-state index in [1.807, 2.05) is 41.1 Å². The van der Waals surface area contributed by atoms with Gasteiger partial charge in [-0.05, 0) is 40.6 Å². The molecule has 3 rings (SSSR count). The van der Waals surface area contributed by atoms with E-state index in [9.17, 15) is 5.26 Å². The molecule has 3 aromatic rings. The van der Waals surface area contributed by atoms with Gasteiger partial charge in [0, 0.05) is 5.39 Å². The molecule has 0 spiro atoms. The maximum absolute atomic E-state index is 9.31. The van der Waals surface area contributed by atoms with Crippen molar-refractivity contribution in [2.45, 2.75) is 0 Å². The van der Waals surface area contributed by atoms with Gasteiger partial charge in [-0.1, -0.05) is 12.1 Å². The zero-order chi connectivity index (χ0) is 13.9. The Bertz CT molecular complexity index is 829. The van der Waals surface area contributed by atoms with Crippen LogP contribution >= 0.6 is 11.3 Å². The number of nitrogen functional groups attached to an aromatic ring is 1. The lowest BCUT2D eigenvalue weighted by atomic mass is 10.1. The second-order valence-electron chi connectivity index (χ2n) is 4.18. The highest BCUT2D eigenvalue weighted by Gasteiger charge is 2.09. The number of para-hydroxylation sites is 1. The van der Waals surface area contributed by atoms with Gasteiger partial charge in [-0.3, -0.25) is 0 Å². The molecule has 0 fully saturated rings. The number of hydrogen-bond acceptors (Lipinski definition) is 5. The van der Waals surface area contributed by atoms with E-state index in [1.54, 1.807) is 17.4 Å². The van der Waals surface area contributed by atoms with E-state index in [0.717, 1.165) is 16.5 Å². The van der Waals surface area contributed by atoms with E-state index >= 15 is 0 Å². The summed E-state index contributed by atoms with van der Waals surface area (Å²) in [7, 11) is 0. The summed E-state index contributed by atoms with van der Waals surface area (Å²) < 4.78 is 0. The third-order valence-corrected chi connectivity index (χ3v) is 3.55. The highest BCUT2D eigenvalue weighted by atomic mass is 32.1. The Hall–Kier alpha value is -2.71. The van der Waals surface area contributed by atoms with Crippen LogP contribution in [0.25, 0.3) is 22.6 Å². The van der Waals surface area contributed by atoms with Gasteiger partial charge in [0.2, 0.25) is 0 Å². The lowest BCUT2D eigenvalue weighted by Crippen LogP contribution is -2.00. The fourth-order valence-electron chi connectivity index (χ4n) is 1.89. The number of anilines is 1. The first kappa shape index (κ1) is 12.3. The number of allylic oxidation sites excluding steroid dienone is 1. The summed E-state index contributed by atoms with van der Waals surface area (Å²) in [6, 6.07) is 11.6. The van der Waals surface area contributed by atoms with Gasteiger partial charge >= 0.3 is 0 Å². The molecule has 20 heavy (non-hydrogen) atoms. The van der Waals surface area contributed by atoms with Crippen molar-refractivity contribution in [2.24, 2.45) is 0 Å². The van der Waals surface area contributed by atoms with E-state index in [2.05, 4.69) is 16.0 Å². The molecule has 1 aromatic carbocycles. The van der Waals surface area contributed by atoms with Gasteiger partial charge in [-0.15, -0.1) is 0 Å². The molecule has 2 N–H and O–H groups in total. The number of nitriles is 1. The summed E-state index contributed by atoms with van der Waals surface area (Å²) in [5.41, 5.74) is 8.04. The van der Waals surface area contributed by atoms with Crippen LogP contribution in [0.15, 0.2) is 41.1 Å². The van der Waals surface area contributed by atoms with Crippen molar-refractivity contribution < 1.29 is 0 Å². The van der Waals surface area contributed by atoms with Crippen molar-refractivity contribution in [3.8, 4) is 6.07 Å². The summed E-state index contributed by atoms with van der Waals surface area (Å²) in [4.78, 5) is 8.64. The van der Waals surface area contributed by atoms with Crippen LogP contribution in [-0.4, -0.2) is 9.97 Å². The molecule has 0 radical (unpaired) electrons. The molecule has 0 aliphatic rings. The highest BCUT2D eigenvalue weighted by molar-refractivity contribution is 7.08.